The van der Waals surface area contributed by atoms with E-state index in [9.17, 15) is 35.4 Å². The average Bonchev–Trinajstić information content (AvgIpc) is 3.13. The van der Waals surface area contributed by atoms with E-state index in [0.717, 1.165) is 11.1 Å². The molecule has 0 aliphatic carbocycles. The summed E-state index contributed by atoms with van der Waals surface area (Å²) in [5, 5.41) is 66.4. The molecule has 7 rings (SSSR count). The number of aromatic hydroxyl groups is 6. The minimum atomic E-state index is -0.645. The topological polar surface area (TPSA) is 148 Å². The number of para-hydroxylation sites is 3. The van der Waals surface area contributed by atoms with Crippen LogP contribution in [0.1, 0.15) is 73.0 Å². The number of phenolic OH excluding ortho intramolecular Hbond substituents is 6. The van der Waals surface area contributed by atoms with Crippen molar-refractivity contribution in [3.63, 3.8) is 0 Å². The lowest BCUT2D eigenvalue weighted by Crippen LogP contribution is -2.22. The number of hydrogen-bond donors (Lipinski definition) is 6. The van der Waals surface area contributed by atoms with Gasteiger partial charge in [-0.05, 0) is 57.1 Å². The van der Waals surface area contributed by atoms with Crippen LogP contribution in [0.3, 0.4) is 0 Å². The molecule has 0 radical (unpaired) electrons. The van der Waals surface area contributed by atoms with Gasteiger partial charge < -0.3 is 35.4 Å². The Morgan fingerprint density at radius 2 is 1.08 bits per heavy atom. The van der Waals surface area contributed by atoms with Gasteiger partial charge in [-0.1, -0.05) is 97.1 Å². The first kappa shape index (κ1) is 33.1. The molecule has 51 heavy (non-hydrogen) atoms. The third-order valence-corrected chi connectivity index (χ3v) is 9.52. The molecule has 1 aliphatic heterocycles. The van der Waals surface area contributed by atoms with Crippen molar-refractivity contribution in [1.82, 2.24) is 0 Å². The van der Waals surface area contributed by atoms with Gasteiger partial charge in [-0.2, -0.15) is 0 Å². The van der Waals surface area contributed by atoms with Gasteiger partial charge in [0.1, 0.15) is 51.9 Å². The maximum Gasteiger partial charge on any atom is 0.174 e. The largest absolute Gasteiger partial charge is 0.508 e. The lowest BCUT2D eigenvalue weighted by Gasteiger charge is -2.30. The van der Waals surface area contributed by atoms with Gasteiger partial charge in [0.15, 0.2) is 5.78 Å². The van der Waals surface area contributed by atoms with Gasteiger partial charge in [0.05, 0.1) is 6.42 Å². The van der Waals surface area contributed by atoms with E-state index < -0.39 is 11.9 Å². The molecule has 1 heterocycles. The first-order chi connectivity index (χ1) is 24.7. The smallest absolute Gasteiger partial charge is 0.174 e. The van der Waals surface area contributed by atoms with Crippen LogP contribution in [0.2, 0.25) is 0 Å². The van der Waals surface area contributed by atoms with Gasteiger partial charge in [0.2, 0.25) is 0 Å². The standard InChI is InChI=1S/C43H36O8/c44-34-15-6-4-11-27(34)21-30-14-8-13-29(40(30)48)19-25-17-18-36(46)31(20-25)23-32-41(49)33(22-28-12-5-7-16-35(28)45)43-39(42(32)50)37(47)24-38(51-43)26-9-2-1-3-10-26/h1-18,20,38,44-46,48-50H,19,21-24H2/t38-/m0/s1. The van der Waals surface area contributed by atoms with Gasteiger partial charge in [-0.3, -0.25) is 4.79 Å². The van der Waals surface area contributed by atoms with Crippen molar-refractivity contribution in [3.8, 4) is 40.2 Å². The molecule has 1 aliphatic rings. The number of ether oxygens (including phenoxy) is 1. The van der Waals surface area contributed by atoms with Crippen molar-refractivity contribution in [1.29, 1.82) is 0 Å². The molecular formula is C43H36O8. The lowest BCUT2D eigenvalue weighted by atomic mass is 9.87. The van der Waals surface area contributed by atoms with E-state index in [1.807, 2.05) is 42.5 Å². The summed E-state index contributed by atoms with van der Waals surface area (Å²) in [5.41, 5.74) is 4.56. The number of hydrogen-bond acceptors (Lipinski definition) is 8. The predicted octanol–water partition coefficient (Wildman–Crippen LogP) is 7.99. The average molecular weight is 681 g/mol. The number of ketones is 1. The molecule has 6 aromatic rings. The molecule has 256 valence electrons. The SMILES string of the molecule is O=C1C[C@@H](c2ccccc2)Oc2c(Cc3ccccc3O)c(O)c(Cc3cc(Cc4cccc(Cc5ccccc5O)c4O)ccc3O)c(O)c21. The molecule has 0 saturated carbocycles. The predicted molar refractivity (Wildman–Crippen MR) is 192 cm³/mol. The number of carbonyl (C=O) groups is 1. The molecule has 0 fully saturated rings. The van der Waals surface area contributed by atoms with E-state index in [-0.39, 0.29) is 76.2 Å². The van der Waals surface area contributed by atoms with Crippen LogP contribution < -0.4 is 4.74 Å². The molecular weight excluding hydrogens is 644 g/mol. The molecule has 0 amide bonds. The van der Waals surface area contributed by atoms with Crippen molar-refractivity contribution in [2.75, 3.05) is 0 Å². The highest BCUT2D eigenvalue weighted by atomic mass is 16.5. The van der Waals surface area contributed by atoms with Gasteiger partial charge in [-0.25, -0.2) is 0 Å². The second kappa shape index (κ2) is 13.8. The Hall–Kier alpha value is -6.41. The summed E-state index contributed by atoms with van der Waals surface area (Å²) >= 11 is 0. The molecule has 0 spiro atoms. The first-order valence-corrected chi connectivity index (χ1v) is 16.7. The number of phenols is 6. The minimum Gasteiger partial charge on any atom is -0.508 e. The molecule has 6 aromatic carbocycles. The second-order valence-corrected chi connectivity index (χ2v) is 12.9. The van der Waals surface area contributed by atoms with E-state index in [1.165, 1.54) is 12.1 Å². The van der Waals surface area contributed by atoms with E-state index in [2.05, 4.69) is 0 Å². The van der Waals surface area contributed by atoms with E-state index in [1.54, 1.807) is 60.7 Å². The summed E-state index contributed by atoms with van der Waals surface area (Å²) in [6, 6.07) is 33.3. The fraction of sp³-hybridized carbons (Fsp3) is 0.140. The summed E-state index contributed by atoms with van der Waals surface area (Å²) in [7, 11) is 0. The monoisotopic (exact) mass is 680 g/mol. The highest BCUT2D eigenvalue weighted by molar-refractivity contribution is 6.04. The van der Waals surface area contributed by atoms with Gasteiger partial charge in [-0.15, -0.1) is 0 Å². The highest BCUT2D eigenvalue weighted by Gasteiger charge is 2.36. The molecule has 0 unspecified atom stereocenters. The zero-order chi connectivity index (χ0) is 35.6. The number of fused-ring (bicyclic) bond motifs is 1. The molecule has 8 nitrogen and oxygen atoms in total. The van der Waals surface area contributed by atoms with Crippen molar-refractivity contribution in [2.45, 2.75) is 38.2 Å². The zero-order valence-electron chi connectivity index (χ0n) is 27.6. The Labute approximate surface area is 294 Å². The molecule has 6 N–H and O–H groups in total. The fourth-order valence-electron chi connectivity index (χ4n) is 6.79. The van der Waals surface area contributed by atoms with Crippen LogP contribution >= 0.6 is 0 Å². The second-order valence-electron chi connectivity index (χ2n) is 12.9. The quantitative estimate of drug-likeness (QED) is 0.0901. The summed E-state index contributed by atoms with van der Waals surface area (Å²) < 4.78 is 6.36. The number of carbonyl (C=O) groups excluding carboxylic acids is 1. The summed E-state index contributed by atoms with van der Waals surface area (Å²) in [6.45, 7) is 0. The number of rotatable bonds is 9. The Morgan fingerprint density at radius 1 is 0.510 bits per heavy atom. The van der Waals surface area contributed by atoms with Crippen LogP contribution in [0.15, 0.2) is 115 Å². The summed E-state index contributed by atoms with van der Waals surface area (Å²) in [4.78, 5) is 13.7. The van der Waals surface area contributed by atoms with E-state index in [4.69, 9.17) is 4.74 Å². The lowest BCUT2D eigenvalue weighted by molar-refractivity contribution is 0.0842. The summed E-state index contributed by atoms with van der Waals surface area (Å²) in [6.07, 6.45) is -0.160. The van der Waals surface area contributed by atoms with Crippen LogP contribution in [0, 0.1) is 0 Å². The van der Waals surface area contributed by atoms with Crippen LogP contribution in [0.25, 0.3) is 0 Å². The van der Waals surface area contributed by atoms with Crippen molar-refractivity contribution in [3.05, 3.63) is 171 Å². The Bertz CT molecular complexity index is 2260. The van der Waals surface area contributed by atoms with Gasteiger partial charge >= 0.3 is 0 Å². The van der Waals surface area contributed by atoms with Crippen LogP contribution in [0.5, 0.6) is 40.2 Å². The minimum absolute atomic E-state index is 0.000239. The first-order valence-electron chi connectivity index (χ1n) is 16.7. The van der Waals surface area contributed by atoms with Crippen LogP contribution in [-0.4, -0.2) is 36.4 Å². The van der Waals surface area contributed by atoms with Crippen molar-refractivity contribution in [2.24, 2.45) is 0 Å². The maximum atomic E-state index is 13.7. The maximum absolute atomic E-state index is 13.7. The highest BCUT2D eigenvalue weighted by Crippen LogP contribution is 2.50. The molecule has 0 bridgehead atoms. The van der Waals surface area contributed by atoms with Gasteiger partial charge in [0, 0.05) is 36.8 Å². The van der Waals surface area contributed by atoms with Crippen LogP contribution in [-0.2, 0) is 25.7 Å². The van der Waals surface area contributed by atoms with Gasteiger partial charge in [0.25, 0.3) is 0 Å². The molecule has 8 heteroatoms. The third-order valence-electron chi connectivity index (χ3n) is 9.52. The Morgan fingerprint density at radius 3 is 1.76 bits per heavy atom. The molecule has 1 atom stereocenters. The van der Waals surface area contributed by atoms with Crippen LogP contribution in [0.4, 0.5) is 0 Å². The number of benzene rings is 6. The normalized spacial score (nSPS) is 13.8. The molecule has 0 aromatic heterocycles. The Kier molecular flexibility index (Phi) is 8.98. The zero-order valence-corrected chi connectivity index (χ0v) is 27.6. The Balaban J connectivity index is 1.25. The number of Topliss-reactive ketones (excluding diaryl/α,β-unsaturated/α-hetero) is 1. The third kappa shape index (κ3) is 6.64. The van der Waals surface area contributed by atoms with E-state index in [0.29, 0.717) is 40.7 Å². The fourth-order valence-corrected chi connectivity index (χ4v) is 6.79. The van der Waals surface area contributed by atoms with Crippen molar-refractivity contribution >= 4 is 5.78 Å². The summed E-state index contributed by atoms with van der Waals surface area (Å²) in [5.74, 6) is -0.885. The van der Waals surface area contributed by atoms with Crippen molar-refractivity contribution < 1.29 is 40.2 Å². The van der Waals surface area contributed by atoms with E-state index >= 15 is 0 Å². The molecule has 0 saturated heterocycles.